The molecule has 2 aromatic rings. The second-order valence-electron chi connectivity index (χ2n) is 6.24. The Morgan fingerprint density at radius 1 is 1.30 bits per heavy atom. The van der Waals surface area contributed by atoms with Crippen LogP contribution >= 0.6 is 11.8 Å². The molecule has 1 fully saturated rings. The van der Waals surface area contributed by atoms with Crippen molar-refractivity contribution in [3.63, 3.8) is 0 Å². The normalized spacial score (nSPS) is 17.2. The summed E-state index contributed by atoms with van der Waals surface area (Å²) in [5, 5.41) is 3.03. The number of hydrogen-bond acceptors (Lipinski definition) is 4. The van der Waals surface area contributed by atoms with Gasteiger partial charge in [0, 0.05) is 30.2 Å². The second kappa shape index (κ2) is 8.21. The molecular formula is C19H20F3N3OS. The van der Waals surface area contributed by atoms with Crippen LogP contribution in [0, 0.1) is 0 Å². The van der Waals surface area contributed by atoms with E-state index in [1.165, 1.54) is 6.07 Å². The largest absolute Gasteiger partial charge is 0.417 e. The molecule has 1 atom stereocenters. The molecule has 0 spiro atoms. The van der Waals surface area contributed by atoms with E-state index in [2.05, 4.69) is 10.3 Å². The highest BCUT2D eigenvalue weighted by Crippen LogP contribution is 2.30. The van der Waals surface area contributed by atoms with Crippen LogP contribution in [0.2, 0.25) is 0 Å². The molecule has 0 saturated carbocycles. The van der Waals surface area contributed by atoms with E-state index < -0.39 is 11.7 Å². The predicted octanol–water partition coefficient (Wildman–Crippen LogP) is 4.22. The smallest absolute Gasteiger partial charge is 0.354 e. The first-order valence-electron chi connectivity index (χ1n) is 8.69. The molecule has 1 amide bonds. The minimum absolute atomic E-state index is 0.0683. The first kappa shape index (κ1) is 19.5. The summed E-state index contributed by atoms with van der Waals surface area (Å²) < 4.78 is 37.9. The van der Waals surface area contributed by atoms with E-state index in [1.54, 1.807) is 17.8 Å². The molecule has 1 aliphatic heterocycles. The van der Waals surface area contributed by atoms with E-state index in [-0.39, 0.29) is 11.9 Å². The summed E-state index contributed by atoms with van der Waals surface area (Å²) in [5.74, 6) is 1.24. The lowest BCUT2D eigenvalue weighted by Gasteiger charge is -2.19. The Hall–Kier alpha value is -2.22. The third-order valence-electron chi connectivity index (χ3n) is 4.35. The predicted molar refractivity (Wildman–Crippen MR) is 100 cm³/mol. The van der Waals surface area contributed by atoms with E-state index in [9.17, 15) is 18.0 Å². The van der Waals surface area contributed by atoms with Crippen LogP contribution in [0.15, 0.2) is 47.5 Å². The van der Waals surface area contributed by atoms with Crippen LogP contribution in [-0.2, 0) is 6.18 Å². The molecule has 144 valence electrons. The fourth-order valence-electron chi connectivity index (χ4n) is 3.03. The Bertz CT molecular complexity index is 796. The summed E-state index contributed by atoms with van der Waals surface area (Å²) in [6, 6.07) is 9.81. The quantitative estimate of drug-likeness (QED) is 0.770. The number of carbonyl (C=O) groups excluding carboxylic acids is 1. The van der Waals surface area contributed by atoms with E-state index in [0.29, 0.717) is 24.5 Å². The maximum atomic E-state index is 12.6. The number of carbonyl (C=O) groups is 1. The minimum atomic E-state index is -4.39. The summed E-state index contributed by atoms with van der Waals surface area (Å²) in [7, 11) is 0. The molecule has 0 bridgehead atoms. The van der Waals surface area contributed by atoms with Crippen molar-refractivity contribution in [1.29, 1.82) is 0 Å². The molecular weight excluding hydrogens is 375 g/mol. The van der Waals surface area contributed by atoms with Crippen LogP contribution < -0.4 is 10.2 Å². The van der Waals surface area contributed by atoms with Crippen molar-refractivity contribution in [2.24, 2.45) is 0 Å². The zero-order chi connectivity index (χ0) is 19.4. The summed E-state index contributed by atoms with van der Waals surface area (Å²) >= 11 is 1.62. The van der Waals surface area contributed by atoms with Crippen molar-refractivity contribution in [2.75, 3.05) is 23.7 Å². The topological polar surface area (TPSA) is 45.2 Å². The number of nitrogens with zero attached hydrogens (tertiary/aromatic N) is 2. The summed E-state index contributed by atoms with van der Waals surface area (Å²) in [5.41, 5.74) is -0.115. The highest BCUT2D eigenvalue weighted by Gasteiger charge is 2.31. The number of benzene rings is 1. The maximum absolute atomic E-state index is 12.6. The Balaban J connectivity index is 1.62. The van der Waals surface area contributed by atoms with Crippen molar-refractivity contribution in [2.45, 2.75) is 30.5 Å². The number of pyridine rings is 1. The maximum Gasteiger partial charge on any atom is 0.417 e. The first-order valence-corrected chi connectivity index (χ1v) is 9.68. The fourth-order valence-corrected chi connectivity index (χ4v) is 3.83. The summed E-state index contributed by atoms with van der Waals surface area (Å²) in [6.45, 7) is 3.19. The third kappa shape index (κ3) is 4.74. The van der Waals surface area contributed by atoms with Gasteiger partial charge < -0.3 is 10.2 Å². The van der Waals surface area contributed by atoms with Gasteiger partial charge in [-0.2, -0.15) is 13.2 Å². The van der Waals surface area contributed by atoms with Gasteiger partial charge in [0.05, 0.1) is 11.1 Å². The number of thioether (sulfide) groups is 1. The average Bonchev–Trinajstić information content (AvgIpc) is 3.10. The van der Waals surface area contributed by atoms with Crippen LogP contribution in [0.1, 0.15) is 29.3 Å². The molecule has 1 aliphatic rings. The van der Waals surface area contributed by atoms with Crippen molar-refractivity contribution >= 4 is 23.5 Å². The Kier molecular flexibility index (Phi) is 5.94. The molecule has 1 aromatic heterocycles. The number of hydrogen-bond donors (Lipinski definition) is 1. The molecule has 1 aromatic carbocycles. The summed E-state index contributed by atoms with van der Waals surface area (Å²) in [6.07, 6.45) is -2.83. The highest BCUT2D eigenvalue weighted by atomic mass is 32.2. The first-order chi connectivity index (χ1) is 12.9. The zero-order valence-electron chi connectivity index (χ0n) is 14.8. The number of halogens is 3. The van der Waals surface area contributed by atoms with Gasteiger partial charge in [0.1, 0.15) is 5.82 Å². The lowest BCUT2D eigenvalue weighted by Crippen LogP contribution is -2.37. The SMILES string of the molecule is CCSc1ccccc1C(=O)NC1CCN(c2ccc(C(F)(F)F)cn2)C1. The van der Waals surface area contributed by atoms with Gasteiger partial charge in [0.25, 0.3) is 5.91 Å². The van der Waals surface area contributed by atoms with Crippen LogP contribution in [0.25, 0.3) is 0 Å². The van der Waals surface area contributed by atoms with Gasteiger partial charge in [-0.25, -0.2) is 4.98 Å². The van der Waals surface area contributed by atoms with E-state index in [1.807, 2.05) is 30.0 Å². The minimum Gasteiger partial charge on any atom is -0.354 e. The molecule has 8 heteroatoms. The van der Waals surface area contributed by atoms with Crippen LogP contribution in [0.5, 0.6) is 0 Å². The van der Waals surface area contributed by atoms with Crippen molar-refractivity contribution in [1.82, 2.24) is 10.3 Å². The lowest BCUT2D eigenvalue weighted by atomic mass is 10.2. The highest BCUT2D eigenvalue weighted by molar-refractivity contribution is 7.99. The van der Waals surface area contributed by atoms with Gasteiger partial charge in [0.15, 0.2) is 0 Å². The van der Waals surface area contributed by atoms with Crippen molar-refractivity contribution in [3.05, 3.63) is 53.7 Å². The number of aromatic nitrogens is 1. The molecule has 4 nitrogen and oxygen atoms in total. The molecule has 1 saturated heterocycles. The Labute approximate surface area is 160 Å². The molecule has 3 rings (SSSR count). The zero-order valence-corrected chi connectivity index (χ0v) is 15.6. The van der Waals surface area contributed by atoms with Gasteiger partial charge >= 0.3 is 6.18 Å². The Morgan fingerprint density at radius 2 is 2.07 bits per heavy atom. The van der Waals surface area contributed by atoms with Crippen LogP contribution in [0.4, 0.5) is 19.0 Å². The average molecular weight is 395 g/mol. The third-order valence-corrected chi connectivity index (χ3v) is 5.31. The number of amides is 1. The number of anilines is 1. The van der Waals surface area contributed by atoms with E-state index in [0.717, 1.165) is 29.3 Å². The van der Waals surface area contributed by atoms with Gasteiger partial charge in [0.2, 0.25) is 0 Å². The molecule has 27 heavy (non-hydrogen) atoms. The molecule has 2 heterocycles. The number of nitrogens with one attached hydrogen (secondary N) is 1. The van der Waals surface area contributed by atoms with Gasteiger partial charge in [-0.1, -0.05) is 19.1 Å². The molecule has 1 N–H and O–H groups in total. The lowest BCUT2D eigenvalue weighted by molar-refractivity contribution is -0.137. The van der Waals surface area contributed by atoms with E-state index >= 15 is 0 Å². The Morgan fingerprint density at radius 3 is 2.74 bits per heavy atom. The fraction of sp³-hybridized carbons (Fsp3) is 0.368. The van der Waals surface area contributed by atoms with Gasteiger partial charge in [-0.3, -0.25) is 4.79 Å². The van der Waals surface area contributed by atoms with Crippen LogP contribution in [0.3, 0.4) is 0 Å². The van der Waals surface area contributed by atoms with Gasteiger partial charge in [-0.05, 0) is 36.4 Å². The number of rotatable bonds is 5. The summed E-state index contributed by atoms with van der Waals surface area (Å²) in [4.78, 5) is 19.4. The molecule has 0 radical (unpaired) electrons. The number of alkyl halides is 3. The van der Waals surface area contributed by atoms with E-state index in [4.69, 9.17) is 0 Å². The second-order valence-corrected chi connectivity index (χ2v) is 7.54. The van der Waals surface area contributed by atoms with Crippen molar-refractivity contribution < 1.29 is 18.0 Å². The van der Waals surface area contributed by atoms with Gasteiger partial charge in [-0.15, -0.1) is 11.8 Å². The molecule has 0 aliphatic carbocycles. The molecule has 1 unspecified atom stereocenters. The monoisotopic (exact) mass is 395 g/mol. The van der Waals surface area contributed by atoms with Crippen molar-refractivity contribution in [3.8, 4) is 0 Å². The van der Waals surface area contributed by atoms with Crippen LogP contribution in [-0.4, -0.2) is 35.8 Å². The standard InChI is InChI=1S/C19H20F3N3OS/c1-2-27-16-6-4-3-5-15(16)18(26)24-14-9-10-25(12-14)17-8-7-13(11-23-17)19(20,21)22/h3-8,11,14H,2,9-10,12H2,1H3,(H,24,26).